The van der Waals surface area contributed by atoms with Crippen LogP contribution in [0.5, 0.6) is 0 Å². The van der Waals surface area contributed by atoms with Crippen molar-refractivity contribution in [1.29, 1.82) is 0 Å². The summed E-state index contributed by atoms with van der Waals surface area (Å²) < 4.78 is 0. The molecule has 0 radical (unpaired) electrons. The van der Waals surface area contributed by atoms with Crippen LogP contribution >= 0.6 is 0 Å². The molecule has 0 spiro atoms. The monoisotopic (exact) mass is 344 g/mol. The molecule has 1 saturated carbocycles. The van der Waals surface area contributed by atoms with Crippen LogP contribution in [-0.4, -0.2) is 16.9 Å². The molecule has 1 fully saturated rings. The molecule has 1 heterocycles. The smallest absolute Gasteiger partial charge is 0.252 e. The highest BCUT2D eigenvalue weighted by atomic mass is 16.1. The van der Waals surface area contributed by atoms with Crippen molar-refractivity contribution < 1.29 is 4.79 Å². The third kappa shape index (κ3) is 3.10. The van der Waals surface area contributed by atoms with Gasteiger partial charge in [-0.25, -0.2) is 4.98 Å². The maximum absolute atomic E-state index is 13.1. The number of amides is 1. The summed E-state index contributed by atoms with van der Waals surface area (Å²) in [6.07, 6.45) is 4.57. The first kappa shape index (κ1) is 16.8. The molecule has 0 aliphatic heterocycles. The molecular formula is C23H24N2O. The molecule has 1 aromatic heterocycles. The molecule has 3 aromatic rings. The zero-order valence-electron chi connectivity index (χ0n) is 15.4. The average molecular weight is 344 g/mol. The van der Waals surface area contributed by atoms with Crippen molar-refractivity contribution in [2.24, 2.45) is 0 Å². The Morgan fingerprint density at radius 1 is 1.00 bits per heavy atom. The van der Waals surface area contributed by atoms with Gasteiger partial charge < -0.3 is 5.32 Å². The number of nitrogens with one attached hydrogen (secondary N) is 1. The summed E-state index contributed by atoms with van der Waals surface area (Å²) >= 11 is 0. The third-order valence-electron chi connectivity index (χ3n) is 5.38. The van der Waals surface area contributed by atoms with Gasteiger partial charge in [-0.05, 0) is 38.3 Å². The molecule has 1 N–H and O–H groups in total. The Kier molecular flexibility index (Phi) is 4.46. The maximum atomic E-state index is 13.1. The number of fused-ring (bicyclic) bond motifs is 1. The second-order valence-corrected chi connectivity index (χ2v) is 7.30. The fourth-order valence-corrected chi connectivity index (χ4v) is 3.92. The number of pyridine rings is 1. The van der Waals surface area contributed by atoms with Gasteiger partial charge >= 0.3 is 0 Å². The van der Waals surface area contributed by atoms with Crippen LogP contribution in [-0.2, 0) is 0 Å². The molecule has 1 aliphatic carbocycles. The van der Waals surface area contributed by atoms with E-state index in [0.29, 0.717) is 6.04 Å². The van der Waals surface area contributed by atoms with Crippen LogP contribution < -0.4 is 5.32 Å². The van der Waals surface area contributed by atoms with E-state index in [2.05, 4.69) is 36.5 Å². The highest BCUT2D eigenvalue weighted by Gasteiger charge is 2.22. The predicted molar refractivity (Wildman–Crippen MR) is 106 cm³/mol. The molecule has 0 bridgehead atoms. The fraction of sp³-hybridized carbons (Fsp3) is 0.304. The van der Waals surface area contributed by atoms with Crippen LogP contribution in [0.3, 0.4) is 0 Å². The van der Waals surface area contributed by atoms with E-state index in [-0.39, 0.29) is 5.91 Å². The number of aryl methyl sites for hydroxylation is 1. The maximum Gasteiger partial charge on any atom is 0.252 e. The zero-order valence-corrected chi connectivity index (χ0v) is 15.4. The number of carbonyl (C=O) groups is 1. The fourth-order valence-electron chi connectivity index (χ4n) is 3.92. The number of nitrogens with zero attached hydrogens (tertiary/aromatic N) is 1. The first-order chi connectivity index (χ1) is 12.6. The van der Waals surface area contributed by atoms with Gasteiger partial charge in [0.1, 0.15) is 0 Å². The molecule has 2 aromatic carbocycles. The lowest BCUT2D eigenvalue weighted by molar-refractivity contribution is 0.0939. The predicted octanol–water partition coefficient (Wildman–Crippen LogP) is 5.19. The summed E-state index contributed by atoms with van der Waals surface area (Å²) in [4.78, 5) is 18.0. The lowest BCUT2D eigenvalue weighted by atomic mass is 9.96. The van der Waals surface area contributed by atoms with Gasteiger partial charge in [-0.2, -0.15) is 0 Å². The van der Waals surface area contributed by atoms with Crippen molar-refractivity contribution in [1.82, 2.24) is 10.3 Å². The first-order valence-corrected chi connectivity index (χ1v) is 9.41. The Labute approximate surface area is 154 Å². The van der Waals surface area contributed by atoms with Crippen molar-refractivity contribution in [3.05, 3.63) is 65.2 Å². The minimum atomic E-state index is 0.0290. The van der Waals surface area contributed by atoms with E-state index in [9.17, 15) is 4.79 Å². The number of hydrogen-bond acceptors (Lipinski definition) is 2. The number of carbonyl (C=O) groups excluding carboxylic acids is 1. The van der Waals surface area contributed by atoms with Gasteiger partial charge in [0.05, 0.1) is 16.8 Å². The minimum absolute atomic E-state index is 0.0290. The van der Waals surface area contributed by atoms with Gasteiger partial charge in [-0.3, -0.25) is 4.79 Å². The molecule has 0 unspecified atom stereocenters. The Morgan fingerprint density at radius 2 is 1.69 bits per heavy atom. The van der Waals surface area contributed by atoms with Crippen LogP contribution in [0.1, 0.15) is 47.2 Å². The number of rotatable bonds is 3. The van der Waals surface area contributed by atoms with Crippen molar-refractivity contribution in [2.45, 2.75) is 45.6 Å². The SMILES string of the molecule is Cc1ccc(-c2nc3ccccc3c(C(=O)NC3CCCC3)c2C)cc1. The van der Waals surface area contributed by atoms with Crippen molar-refractivity contribution in [3.63, 3.8) is 0 Å². The standard InChI is InChI=1S/C23H24N2O/c1-15-11-13-17(14-12-15)22-16(2)21(19-9-5-6-10-20(19)25-22)23(26)24-18-7-3-4-8-18/h5-6,9-14,18H,3-4,7-8H2,1-2H3,(H,24,26). The Bertz CT molecular complexity index is 954. The Hall–Kier alpha value is -2.68. The van der Waals surface area contributed by atoms with Gasteiger partial charge in [-0.15, -0.1) is 0 Å². The molecule has 0 atom stereocenters. The molecular weight excluding hydrogens is 320 g/mol. The highest BCUT2D eigenvalue weighted by molar-refractivity contribution is 6.09. The van der Waals surface area contributed by atoms with Gasteiger partial charge in [0, 0.05) is 17.0 Å². The molecule has 4 rings (SSSR count). The van der Waals surface area contributed by atoms with Crippen LogP contribution in [0.4, 0.5) is 0 Å². The van der Waals surface area contributed by atoms with Gasteiger partial charge in [0.15, 0.2) is 0 Å². The van der Waals surface area contributed by atoms with Gasteiger partial charge in [0.2, 0.25) is 0 Å². The molecule has 1 aliphatic rings. The number of para-hydroxylation sites is 1. The number of benzene rings is 2. The Balaban J connectivity index is 1.85. The topological polar surface area (TPSA) is 42.0 Å². The van der Waals surface area contributed by atoms with E-state index in [1.54, 1.807) is 0 Å². The van der Waals surface area contributed by atoms with Gasteiger partial charge in [0.25, 0.3) is 5.91 Å². The van der Waals surface area contributed by atoms with Crippen molar-refractivity contribution in [2.75, 3.05) is 0 Å². The van der Waals surface area contributed by atoms with E-state index in [1.165, 1.54) is 18.4 Å². The van der Waals surface area contributed by atoms with E-state index < -0.39 is 0 Å². The summed E-state index contributed by atoms with van der Waals surface area (Å²) in [5.74, 6) is 0.0290. The van der Waals surface area contributed by atoms with E-state index >= 15 is 0 Å². The van der Waals surface area contributed by atoms with Crippen molar-refractivity contribution >= 4 is 16.8 Å². The summed E-state index contributed by atoms with van der Waals surface area (Å²) in [5, 5.41) is 4.18. The summed E-state index contributed by atoms with van der Waals surface area (Å²) in [6, 6.07) is 16.6. The zero-order chi connectivity index (χ0) is 18.1. The second kappa shape index (κ2) is 6.91. The van der Waals surface area contributed by atoms with Crippen molar-refractivity contribution in [3.8, 4) is 11.3 Å². The van der Waals surface area contributed by atoms with E-state index in [0.717, 1.165) is 46.1 Å². The minimum Gasteiger partial charge on any atom is -0.349 e. The number of aromatic nitrogens is 1. The normalized spacial score (nSPS) is 14.7. The molecule has 132 valence electrons. The average Bonchev–Trinajstić information content (AvgIpc) is 3.15. The molecule has 3 nitrogen and oxygen atoms in total. The summed E-state index contributed by atoms with van der Waals surface area (Å²) in [7, 11) is 0. The lowest BCUT2D eigenvalue weighted by Crippen LogP contribution is -2.33. The Morgan fingerprint density at radius 3 is 2.42 bits per heavy atom. The van der Waals surface area contributed by atoms with Crippen LogP contribution in [0, 0.1) is 13.8 Å². The van der Waals surface area contributed by atoms with Crippen LogP contribution in [0.2, 0.25) is 0 Å². The first-order valence-electron chi connectivity index (χ1n) is 9.41. The van der Waals surface area contributed by atoms with E-state index in [4.69, 9.17) is 4.98 Å². The van der Waals surface area contributed by atoms with Gasteiger partial charge in [-0.1, -0.05) is 60.9 Å². The molecule has 26 heavy (non-hydrogen) atoms. The molecule has 3 heteroatoms. The number of hydrogen-bond donors (Lipinski definition) is 1. The highest BCUT2D eigenvalue weighted by Crippen LogP contribution is 2.30. The quantitative estimate of drug-likeness (QED) is 0.710. The van der Waals surface area contributed by atoms with Crippen LogP contribution in [0.25, 0.3) is 22.2 Å². The second-order valence-electron chi connectivity index (χ2n) is 7.30. The van der Waals surface area contributed by atoms with Crippen LogP contribution in [0.15, 0.2) is 48.5 Å². The molecule has 0 saturated heterocycles. The summed E-state index contributed by atoms with van der Waals surface area (Å²) in [6.45, 7) is 4.09. The van der Waals surface area contributed by atoms with E-state index in [1.807, 2.05) is 31.2 Å². The summed E-state index contributed by atoms with van der Waals surface area (Å²) in [5.41, 5.74) is 5.73. The third-order valence-corrected chi connectivity index (χ3v) is 5.38. The largest absolute Gasteiger partial charge is 0.349 e. The molecule has 1 amide bonds. The lowest BCUT2D eigenvalue weighted by Gasteiger charge is -2.17.